The predicted octanol–water partition coefficient (Wildman–Crippen LogP) is 4.05. The van der Waals surface area contributed by atoms with Gasteiger partial charge in [-0.2, -0.15) is 0 Å². The van der Waals surface area contributed by atoms with Gasteiger partial charge < -0.3 is 10.2 Å². The predicted molar refractivity (Wildman–Crippen MR) is 109 cm³/mol. The van der Waals surface area contributed by atoms with Gasteiger partial charge in [0.05, 0.1) is 24.5 Å². The quantitative estimate of drug-likeness (QED) is 0.763. The highest BCUT2D eigenvalue weighted by Gasteiger charge is 2.18. The normalized spacial score (nSPS) is 15.1. The van der Waals surface area contributed by atoms with E-state index < -0.39 is 0 Å². The lowest BCUT2D eigenvalue weighted by Crippen LogP contribution is -2.34. The molecule has 5 heteroatoms. The fourth-order valence-corrected chi connectivity index (χ4v) is 3.58. The number of carbonyl (C=O) groups is 1. The van der Waals surface area contributed by atoms with E-state index in [-0.39, 0.29) is 5.91 Å². The number of hydrogen-bond acceptors (Lipinski definition) is 4. The summed E-state index contributed by atoms with van der Waals surface area (Å²) in [5.41, 5.74) is 1.65. The van der Waals surface area contributed by atoms with Crippen molar-refractivity contribution in [3.05, 3.63) is 60.4 Å². The van der Waals surface area contributed by atoms with Crippen molar-refractivity contribution in [2.75, 3.05) is 23.3 Å². The second kappa shape index (κ2) is 7.74. The molecule has 0 atom stereocenters. The summed E-state index contributed by atoms with van der Waals surface area (Å²) >= 11 is 0. The zero-order chi connectivity index (χ0) is 18.6. The first kappa shape index (κ1) is 17.5. The highest BCUT2D eigenvalue weighted by Crippen LogP contribution is 2.21. The summed E-state index contributed by atoms with van der Waals surface area (Å²) in [5, 5.41) is 5.17. The molecule has 2 aromatic carbocycles. The Bertz CT molecular complexity index is 925. The number of benzene rings is 2. The van der Waals surface area contributed by atoms with Crippen LogP contribution < -0.4 is 10.2 Å². The van der Waals surface area contributed by atoms with Crippen LogP contribution in [0.3, 0.4) is 0 Å². The molecule has 0 bridgehead atoms. The number of nitrogens with one attached hydrogen (secondary N) is 1. The molecule has 27 heavy (non-hydrogen) atoms. The molecule has 0 saturated carbocycles. The van der Waals surface area contributed by atoms with E-state index in [2.05, 4.69) is 45.3 Å². The van der Waals surface area contributed by atoms with E-state index >= 15 is 0 Å². The minimum Gasteiger partial charge on any atom is -0.341 e. The summed E-state index contributed by atoms with van der Waals surface area (Å²) in [6.45, 7) is 4.27. The number of fused-ring (bicyclic) bond motifs is 1. The van der Waals surface area contributed by atoms with Gasteiger partial charge in [0.15, 0.2) is 0 Å². The first-order chi connectivity index (χ1) is 13.2. The van der Waals surface area contributed by atoms with Gasteiger partial charge in [-0.1, -0.05) is 49.4 Å². The molecule has 1 N–H and O–H groups in total. The third-order valence-corrected chi connectivity index (χ3v) is 5.22. The molecule has 0 spiro atoms. The molecule has 0 unspecified atom stereocenters. The lowest BCUT2D eigenvalue weighted by atomic mass is 10.00. The standard InChI is InChI=1S/C22H24N4O/c1-16-9-11-26(12-10-16)22-23-14-19(15-24-22)25-21(27)13-18-7-4-6-17-5-2-3-8-20(17)18/h2-8,14-16H,9-13H2,1H3,(H,25,27). The van der Waals surface area contributed by atoms with Crippen LogP contribution in [-0.4, -0.2) is 29.0 Å². The Hall–Kier alpha value is -2.95. The Labute approximate surface area is 159 Å². The van der Waals surface area contributed by atoms with Gasteiger partial charge in [0.2, 0.25) is 11.9 Å². The molecule has 138 valence electrons. The van der Waals surface area contributed by atoms with Crippen molar-refractivity contribution in [1.82, 2.24) is 9.97 Å². The van der Waals surface area contributed by atoms with Crippen LogP contribution in [0.5, 0.6) is 0 Å². The first-order valence-corrected chi connectivity index (χ1v) is 9.52. The Morgan fingerprint density at radius 1 is 1.07 bits per heavy atom. The van der Waals surface area contributed by atoms with E-state index in [0.29, 0.717) is 12.1 Å². The monoisotopic (exact) mass is 360 g/mol. The van der Waals surface area contributed by atoms with Gasteiger partial charge in [0, 0.05) is 13.1 Å². The molecular weight excluding hydrogens is 336 g/mol. The van der Waals surface area contributed by atoms with Gasteiger partial charge in [0.25, 0.3) is 0 Å². The van der Waals surface area contributed by atoms with Crippen molar-refractivity contribution in [2.45, 2.75) is 26.2 Å². The number of nitrogens with zero attached hydrogens (tertiary/aromatic N) is 3. The summed E-state index contributed by atoms with van der Waals surface area (Å²) in [5.74, 6) is 1.46. The molecule has 1 aliphatic heterocycles. The maximum absolute atomic E-state index is 12.5. The number of amides is 1. The van der Waals surface area contributed by atoms with Gasteiger partial charge in [-0.3, -0.25) is 4.79 Å². The first-order valence-electron chi connectivity index (χ1n) is 9.52. The molecule has 1 saturated heterocycles. The van der Waals surface area contributed by atoms with E-state index in [9.17, 15) is 4.79 Å². The highest BCUT2D eigenvalue weighted by molar-refractivity contribution is 5.96. The summed E-state index contributed by atoms with van der Waals surface area (Å²) < 4.78 is 0. The number of rotatable bonds is 4. The number of aromatic nitrogens is 2. The van der Waals surface area contributed by atoms with Gasteiger partial charge in [0.1, 0.15) is 0 Å². The molecular formula is C22H24N4O. The summed E-state index contributed by atoms with van der Waals surface area (Å²) in [4.78, 5) is 23.6. The molecule has 1 aliphatic rings. The minimum atomic E-state index is -0.0606. The van der Waals surface area contributed by atoms with Crippen LogP contribution in [0.2, 0.25) is 0 Å². The Morgan fingerprint density at radius 2 is 1.78 bits per heavy atom. The van der Waals surface area contributed by atoms with Gasteiger partial charge in [-0.25, -0.2) is 9.97 Å². The van der Waals surface area contributed by atoms with E-state index in [1.807, 2.05) is 24.3 Å². The van der Waals surface area contributed by atoms with Crippen molar-refractivity contribution in [3.8, 4) is 0 Å². The fourth-order valence-electron chi connectivity index (χ4n) is 3.58. The number of carbonyl (C=O) groups excluding carboxylic acids is 1. The number of anilines is 2. The van der Waals surface area contributed by atoms with E-state index in [4.69, 9.17) is 0 Å². The van der Waals surface area contributed by atoms with Gasteiger partial charge >= 0.3 is 0 Å². The smallest absolute Gasteiger partial charge is 0.228 e. The second-order valence-corrected chi connectivity index (χ2v) is 7.30. The van der Waals surface area contributed by atoms with Crippen molar-refractivity contribution in [1.29, 1.82) is 0 Å². The topological polar surface area (TPSA) is 58.1 Å². The molecule has 1 fully saturated rings. The van der Waals surface area contributed by atoms with Crippen molar-refractivity contribution >= 4 is 28.3 Å². The van der Waals surface area contributed by atoms with Crippen LogP contribution in [0.4, 0.5) is 11.6 Å². The molecule has 1 amide bonds. The minimum absolute atomic E-state index is 0.0606. The van der Waals surface area contributed by atoms with E-state index in [0.717, 1.165) is 41.3 Å². The average molecular weight is 360 g/mol. The molecule has 0 aliphatic carbocycles. The maximum Gasteiger partial charge on any atom is 0.228 e. The van der Waals surface area contributed by atoms with Crippen LogP contribution in [0.25, 0.3) is 10.8 Å². The van der Waals surface area contributed by atoms with Crippen LogP contribution >= 0.6 is 0 Å². The summed E-state index contributed by atoms with van der Waals surface area (Å²) in [6, 6.07) is 14.2. The van der Waals surface area contributed by atoms with Gasteiger partial charge in [-0.05, 0) is 35.1 Å². The van der Waals surface area contributed by atoms with Crippen molar-refractivity contribution in [3.63, 3.8) is 0 Å². The highest BCUT2D eigenvalue weighted by atomic mass is 16.1. The average Bonchev–Trinajstić information content (AvgIpc) is 2.69. The van der Waals surface area contributed by atoms with E-state index in [1.165, 1.54) is 12.8 Å². The van der Waals surface area contributed by atoms with Crippen LogP contribution in [0.1, 0.15) is 25.3 Å². The number of piperidine rings is 1. The van der Waals surface area contributed by atoms with Crippen LogP contribution in [0, 0.1) is 5.92 Å². The number of hydrogen-bond donors (Lipinski definition) is 1. The summed E-state index contributed by atoms with van der Waals surface area (Å²) in [7, 11) is 0. The Kier molecular flexibility index (Phi) is 5.01. The van der Waals surface area contributed by atoms with Gasteiger partial charge in [-0.15, -0.1) is 0 Å². The second-order valence-electron chi connectivity index (χ2n) is 7.30. The van der Waals surface area contributed by atoms with Crippen LogP contribution in [0.15, 0.2) is 54.9 Å². The Balaban J connectivity index is 1.41. The zero-order valence-electron chi connectivity index (χ0n) is 15.6. The zero-order valence-corrected chi connectivity index (χ0v) is 15.6. The lowest BCUT2D eigenvalue weighted by Gasteiger charge is -2.30. The fraction of sp³-hybridized carbons (Fsp3) is 0.318. The molecule has 2 heterocycles. The third-order valence-electron chi connectivity index (χ3n) is 5.22. The molecule has 0 radical (unpaired) electrons. The molecule has 1 aromatic heterocycles. The lowest BCUT2D eigenvalue weighted by molar-refractivity contribution is -0.115. The molecule has 5 nitrogen and oxygen atoms in total. The Morgan fingerprint density at radius 3 is 2.56 bits per heavy atom. The summed E-state index contributed by atoms with van der Waals surface area (Å²) in [6.07, 6.45) is 6.07. The van der Waals surface area contributed by atoms with E-state index in [1.54, 1.807) is 12.4 Å². The largest absolute Gasteiger partial charge is 0.341 e. The molecule has 3 aromatic rings. The van der Waals surface area contributed by atoms with Crippen molar-refractivity contribution in [2.24, 2.45) is 5.92 Å². The van der Waals surface area contributed by atoms with Crippen molar-refractivity contribution < 1.29 is 4.79 Å². The van der Waals surface area contributed by atoms with Crippen LogP contribution in [-0.2, 0) is 11.2 Å². The SMILES string of the molecule is CC1CCN(c2ncc(NC(=O)Cc3cccc4ccccc34)cn2)CC1. The molecule has 4 rings (SSSR count). The maximum atomic E-state index is 12.5. The third kappa shape index (κ3) is 4.08.